The van der Waals surface area contributed by atoms with Gasteiger partial charge in [-0.15, -0.1) is 11.3 Å². The topological polar surface area (TPSA) is 49.8 Å². The number of hydrogen-bond donors (Lipinski definition) is 2. The number of nitrogens with zero attached hydrogens (tertiary/aromatic N) is 2. The summed E-state index contributed by atoms with van der Waals surface area (Å²) in [5, 5.41) is 6.34. The van der Waals surface area contributed by atoms with Crippen LogP contribution < -0.4 is 10.6 Å². The van der Waals surface area contributed by atoms with Gasteiger partial charge < -0.3 is 10.6 Å². The molecule has 0 aliphatic carbocycles. The Bertz CT molecular complexity index is 536. The van der Waals surface area contributed by atoms with Gasteiger partial charge in [0, 0.05) is 23.0 Å². The minimum absolute atomic E-state index is 0.245. The molecule has 0 aliphatic rings. The Hall–Kier alpha value is -1.62. The summed E-state index contributed by atoms with van der Waals surface area (Å²) < 4.78 is 0. The van der Waals surface area contributed by atoms with Crippen molar-refractivity contribution >= 4 is 23.1 Å². The molecule has 2 aromatic rings. The Labute approximate surface area is 111 Å². The first-order valence-corrected chi connectivity index (χ1v) is 6.76. The summed E-state index contributed by atoms with van der Waals surface area (Å²) in [6, 6.07) is 4.36. The molecule has 0 radical (unpaired) electrons. The zero-order valence-electron chi connectivity index (χ0n) is 11.1. The lowest BCUT2D eigenvalue weighted by Crippen LogP contribution is -2.09. The molecule has 0 spiro atoms. The fourth-order valence-electron chi connectivity index (χ4n) is 1.94. The summed E-state index contributed by atoms with van der Waals surface area (Å²) in [7, 11) is 1.81. The molecule has 1 unspecified atom stereocenters. The molecular weight excluding hydrogens is 244 g/mol. The SMILES string of the molecule is CNc1nccc(NC(C)c2cc(C)sc2C)n1. The van der Waals surface area contributed by atoms with Crippen LogP contribution in [0.25, 0.3) is 0 Å². The molecule has 2 aromatic heterocycles. The first-order valence-electron chi connectivity index (χ1n) is 5.94. The quantitative estimate of drug-likeness (QED) is 0.887. The van der Waals surface area contributed by atoms with Crippen LogP contribution >= 0.6 is 11.3 Å². The molecule has 0 aromatic carbocycles. The van der Waals surface area contributed by atoms with Crippen LogP contribution in [0.15, 0.2) is 18.3 Å². The lowest BCUT2D eigenvalue weighted by atomic mass is 10.1. The number of hydrogen-bond acceptors (Lipinski definition) is 5. The van der Waals surface area contributed by atoms with Gasteiger partial charge in [0.25, 0.3) is 0 Å². The van der Waals surface area contributed by atoms with Gasteiger partial charge in [-0.05, 0) is 38.5 Å². The molecule has 2 rings (SSSR count). The van der Waals surface area contributed by atoms with Crippen molar-refractivity contribution in [1.29, 1.82) is 0 Å². The maximum Gasteiger partial charge on any atom is 0.224 e. The Balaban J connectivity index is 2.15. The third-order valence-electron chi connectivity index (χ3n) is 2.79. The molecule has 0 fully saturated rings. The maximum atomic E-state index is 4.36. The molecular formula is C13H18N4S. The van der Waals surface area contributed by atoms with Crippen molar-refractivity contribution in [2.75, 3.05) is 17.7 Å². The van der Waals surface area contributed by atoms with E-state index in [2.05, 4.69) is 47.4 Å². The van der Waals surface area contributed by atoms with Crippen LogP contribution in [0.2, 0.25) is 0 Å². The minimum atomic E-state index is 0.245. The van der Waals surface area contributed by atoms with Gasteiger partial charge in [0.05, 0.1) is 6.04 Å². The van der Waals surface area contributed by atoms with Gasteiger partial charge in [0.2, 0.25) is 5.95 Å². The van der Waals surface area contributed by atoms with Crippen molar-refractivity contribution in [3.63, 3.8) is 0 Å². The second-order valence-corrected chi connectivity index (χ2v) is 5.71. The summed E-state index contributed by atoms with van der Waals surface area (Å²) in [5.41, 5.74) is 1.34. The predicted molar refractivity (Wildman–Crippen MR) is 77.4 cm³/mol. The van der Waals surface area contributed by atoms with Gasteiger partial charge in [-0.2, -0.15) is 4.98 Å². The third-order valence-corrected chi connectivity index (χ3v) is 3.77. The van der Waals surface area contributed by atoms with Gasteiger partial charge in [0.1, 0.15) is 5.82 Å². The van der Waals surface area contributed by atoms with E-state index in [0.29, 0.717) is 5.95 Å². The molecule has 0 saturated heterocycles. The largest absolute Gasteiger partial charge is 0.363 e. The average Bonchev–Trinajstić information content (AvgIpc) is 2.69. The van der Waals surface area contributed by atoms with E-state index in [4.69, 9.17) is 0 Å². The molecule has 0 saturated carbocycles. The Morgan fingerprint density at radius 3 is 2.72 bits per heavy atom. The van der Waals surface area contributed by atoms with E-state index < -0.39 is 0 Å². The van der Waals surface area contributed by atoms with Crippen molar-refractivity contribution in [3.8, 4) is 0 Å². The molecule has 0 amide bonds. The van der Waals surface area contributed by atoms with Gasteiger partial charge >= 0.3 is 0 Å². The highest BCUT2D eigenvalue weighted by atomic mass is 32.1. The highest BCUT2D eigenvalue weighted by molar-refractivity contribution is 7.12. The van der Waals surface area contributed by atoms with E-state index in [9.17, 15) is 0 Å². The van der Waals surface area contributed by atoms with Crippen LogP contribution in [0.3, 0.4) is 0 Å². The molecule has 96 valence electrons. The van der Waals surface area contributed by atoms with Crippen LogP contribution in [-0.4, -0.2) is 17.0 Å². The zero-order chi connectivity index (χ0) is 13.1. The summed E-state index contributed by atoms with van der Waals surface area (Å²) in [6.07, 6.45) is 1.75. The van der Waals surface area contributed by atoms with Crippen LogP contribution in [0.1, 0.15) is 28.3 Å². The molecule has 5 heteroatoms. The molecule has 1 atom stereocenters. The van der Waals surface area contributed by atoms with Crippen molar-refractivity contribution in [1.82, 2.24) is 9.97 Å². The van der Waals surface area contributed by atoms with E-state index in [1.165, 1.54) is 15.3 Å². The average molecular weight is 262 g/mol. The Kier molecular flexibility index (Phi) is 3.81. The van der Waals surface area contributed by atoms with Gasteiger partial charge in [-0.1, -0.05) is 0 Å². The Morgan fingerprint density at radius 2 is 2.11 bits per heavy atom. The molecule has 0 bridgehead atoms. The molecule has 2 N–H and O–H groups in total. The maximum absolute atomic E-state index is 4.36. The van der Waals surface area contributed by atoms with E-state index in [0.717, 1.165) is 5.82 Å². The lowest BCUT2D eigenvalue weighted by molar-refractivity contribution is 0.869. The third kappa shape index (κ3) is 2.79. The lowest BCUT2D eigenvalue weighted by Gasteiger charge is -2.14. The van der Waals surface area contributed by atoms with Crippen LogP contribution in [0, 0.1) is 13.8 Å². The van der Waals surface area contributed by atoms with E-state index in [1.807, 2.05) is 24.5 Å². The fourth-order valence-corrected chi connectivity index (χ4v) is 2.96. The second-order valence-electron chi connectivity index (χ2n) is 4.25. The highest BCUT2D eigenvalue weighted by Crippen LogP contribution is 2.28. The zero-order valence-corrected chi connectivity index (χ0v) is 11.9. The summed E-state index contributed by atoms with van der Waals surface area (Å²) >= 11 is 1.83. The molecule has 4 nitrogen and oxygen atoms in total. The summed E-state index contributed by atoms with van der Waals surface area (Å²) in [6.45, 7) is 6.44. The van der Waals surface area contributed by atoms with E-state index >= 15 is 0 Å². The van der Waals surface area contributed by atoms with Gasteiger partial charge in [-0.3, -0.25) is 0 Å². The standard InChI is InChI=1S/C13H18N4S/c1-8-7-11(10(3)18-8)9(2)16-12-5-6-15-13(14-4)17-12/h5-7,9H,1-4H3,(H2,14,15,16,17). The molecule has 2 heterocycles. The first-order chi connectivity index (χ1) is 8.60. The minimum Gasteiger partial charge on any atom is -0.363 e. The number of aryl methyl sites for hydroxylation is 2. The predicted octanol–water partition coefficient (Wildman–Crippen LogP) is 3.37. The van der Waals surface area contributed by atoms with Crippen molar-refractivity contribution in [2.24, 2.45) is 0 Å². The number of aromatic nitrogens is 2. The monoisotopic (exact) mass is 262 g/mol. The van der Waals surface area contributed by atoms with E-state index in [1.54, 1.807) is 6.20 Å². The fraction of sp³-hybridized carbons (Fsp3) is 0.385. The summed E-state index contributed by atoms with van der Waals surface area (Å²) in [5.74, 6) is 1.47. The van der Waals surface area contributed by atoms with Crippen LogP contribution in [-0.2, 0) is 0 Å². The molecule has 0 aliphatic heterocycles. The van der Waals surface area contributed by atoms with Crippen LogP contribution in [0.5, 0.6) is 0 Å². The number of anilines is 2. The summed E-state index contributed by atoms with van der Waals surface area (Å²) in [4.78, 5) is 11.2. The van der Waals surface area contributed by atoms with E-state index in [-0.39, 0.29) is 6.04 Å². The van der Waals surface area contributed by atoms with Crippen molar-refractivity contribution < 1.29 is 0 Å². The second kappa shape index (κ2) is 5.35. The van der Waals surface area contributed by atoms with Gasteiger partial charge in [0.15, 0.2) is 0 Å². The molecule has 18 heavy (non-hydrogen) atoms. The van der Waals surface area contributed by atoms with Crippen molar-refractivity contribution in [3.05, 3.63) is 33.6 Å². The number of thiophene rings is 1. The smallest absolute Gasteiger partial charge is 0.224 e. The normalized spacial score (nSPS) is 12.2. The highest BCUT2D eigenvalue weighted by Gasteiger charge is 2.11. The number of rotatable bonds is 4. The number of nitrogens with one attached hydrogen (secondary N) is 2. The Morgan fingerprint density at radius 1 is 1.33 bits per heavy atom. The van der Waals surface area contributed by atoms with Crippen LogP contribution in [0.4, 0.5) is 11.8 Å². The van der Waals surface area contributed by atoms with Gasteiger partial charge in [-0.25, -0.2) is 4.98 Å². The first kappa shape index (κ1) is 12.8. The van der Waals surface area contributed by atoms with Crippen molar-refractivity contribution in [2.45, 2.75) is 26.8 Å².